The number of nitrogens with two attached hydrogens (primary N) is 1. The van der Waals surface area contributed by atoms with E-state index in [9.17, 15) is 67.7 Å². The van der Waals surface area contributed by atoms with Crippen LogP contribution in [-0.2, 0) is 68.7 Å². The van der Waals surface area contributed by atoms with Gasteiger partial charge in [-0.1, -0.05) is 111 Å². The largest absolute Gasteiger partial charge is 0.458 e. The van der Waals surface area contributed by atoms with E-state index in [0.29, 0.717) is 19.3 Å². The van der Waals surface area contributed by atoms with Gasteiger partial charge in [0.1, 0.15) is 60.5 Å². The first-order valence-electron chi connectivity index (χ1n) is 28.6. The third-order valence-electron chi connectivity index (χ3n) is 15.0. The molecular formula is C56H92N12O15. The first kappa shape index (κ1) is 71.8. The van der Waals surface area contributed by atoms with Crippen LogP contribution in [0.15, 0.2) is 30.3 Å². The van der Waals surface area contributed by atoms with Gasteiger partial charge in [-0.15, -0.1) is 0 Å². The molecule has 15 atom stereocenters. The van der Waals surface area contributed by atoms with Crippen molar-refractivity contribution in [3.05, 3.63) is 35.9 Å². The van der Waals surface area contributed by atoms with Gasteiger partial charge in [0.05, 0.1) is 19.3 Å². The highest BCUT2D eigenvalue weighted by Gasteiger charge is 2.40. The molecule has 27 nitrogen and oxygen atoms in total. The van der Waals surface area contributed by atoms with Crippen molar-refractivity contribution in [2.45, 2.75) is 194 Å². The maximum absolute atomic E-state index is 14.3. The van der Waals surface area contributed by atoms with Crippen LogP contribution in [0.25, 0.3) is 0 Å². The van der Waals surface area contributed by atoms with Crippen LogP contribution in [0.5, 0.6) is 0 Å². The topological polar surface area (TPSA) is 413 Å². The molecule has 1 aromatic carbocycles. The Morgan fingerprint density at radius 2 is 1.10 bits per heavy atom. The first-order valence-corrected chi connectivity index (χ1v) is 28.6. The maximum atomic E-state index is 14.3. The monoisotopic (exact) mass is 1170 g/mol. The van der Waals surface area contributed by atoms with Crippen molar-refractivity contribution in [2.24, 2.45) is 29.4 Å². The summed E-state index contributed by atoms with van der Waals surface area (Å²) in [5.41, 5.74) is 6.30. The van der Waals surface area contributed by atoms with Crippen molar-refractivity contribution >= 4 is 70.9 Å². The van der Waals surface area contributed by atoms with Crippen molar-refractivity contribution in [3.8, 4) is 0 Å². The molecule has 0 radical (unpaired) electrons. The summed E-state index contributed by atoms with van der Waals surface area (Å²) < 4.78 is 5.66. The van der Waals surface area contributed by atoms with Gasteiger partial charge in [-0.25, -0.2) is 4.79 Å². The second kappa shape index (κ2) is 36.3. The molecule has 0 aromatic heterocycles. The van der Waals surface area contributed by atoms with Gasteiger partial charge < -0.3 is 79.2 Å². The number of rotatable bonds is 30. The highest BCUT2D eigenvalue weighted by molar-refractivity contribution is 5.99. The minimum atomic E-state index is -1.80. The number of amides is 11. The summed E-state index contributed by atoms with van der Waals surface area (Å²) in [4.78, 5) is 163. The number of primary amides is 1. The summed E-state index contributed by atoms with van der Waals surface area (Å²) in [5, 5.41) is 49.3. The van der Waals surface area contributed by atoms with Crippen molar-refractivity contribution in [3.63, 3.8) is 0 Å². The number of cyclic esters (lactones) is 1. The minimum absolute atomic E-state index is 0.0285. The van der Waals surface area contributed by atoms with Gasteiger partial charge in [0.15, 0.2) is 0 Å². The normalized spacial score (nSPS) is 21.1. The summed E-state index contributed by atoms with van der Waals surface area (Å²) in [6, 6.07) is -4.69. The molecule has 27 heteroatoms. The van der Waals surface area contributed by atoms with Gasteiger partial charge >= 0.3 is 5.97 Å². The lowest BCUT2D eigenvalue weighted by Crippen LogP contribution is -2.63. The Labute approximate surface area is 486 Å². The number of nitrogens with one attached hydrogen (secondary N) is 11. The molecule has 1 aliphatic rings. The summed E-state index contributed by atoms with van der Waals surface area (Å²) in [5.74, 6) is -12.4. The number of benzene rings is 1. The maximum Gasteiger partial charge on any atom is 0.329 e. The van der Waals surface area contributed by atoms with E-state index in [4.69, 9.17) is 10.5 Å². The van der Waals surface area contributed by atoms with Crippen LogP contribution in [0.2, 0.25) is 0 Å². The van der Waals surface area contributed by atoms with Crippen LogP contribution in [-0.4, -0.2) is 174 Å². The van der Waals surface area contributed by atoms with E-state index in [1.54, 1.807) is 62.4 Å². The molecule has 1 aromatic rings. The molecular weight excluding hydrogens is 1080 g/mol. The predicted molar refractivity (Wildman–Crippen MR) is 304 cm³/mol. The van der Waals surface area contributed by atoms with Gasteiger partial charge in [0.25, 0.3) is 0 Å². The van der Waals surface area contributed by atoms with Crippen LogP contribution >= 0.6 is 0 Å². The Bertz CT molecular complexity index is 2360. The average Bonchev–Trinajstić information content (AvgIpc) is 3.54. The quantitative estimate of drug-likeness (QED) is 0.0354. The standard InChI is InChI=1S/C56H92N12O15/c1-12-29(5)42(66-49(75)37(58-11)26-35-20-17-16-18-21-35)52(78)62-38(27-69)50(76)61-36(23-24-40(57)71)48(74)65-44(31(7)14-3)54(80)67-43(30(6)13-2)53(79)63-39(28-70)51(77)68-46-34(10)83-56(82)45(32(8)15-4)64-41(72)22-19-25-59-47(73)33(9)60-55(46)81/h16-18,20-21,29-34,36-39,42-46,58,69-70H,12-15,19,22-28H2,1-11H3,(H2,57,71)(H,59,73)(H,60,81)(H,61,76)(H,62,78)(H,63,79)(H,64,72)(H,65,74)(H,66,75)(H,67,80)(H,68,77)/t29-,30-,31-,32-,33-,34-,36+,37+,38-,39-,42-,43-,44+,45-,46+/m0/s1. The molecule has 1 saturated heterocycles. The molecule has 1 heterocycles. The van der Waals surface area contributed by atoms with Crippen molar-refractivity contribution in [2.75, 3.05) is 26.8 Å². The Balaban J connectivity index is 2.39. The van der Waals surface area contributed by atoms with Gasteiger partial charge in [-0.05, 0) is 69.4 Å². The van der Waals surface area contributed by atoms with Gasteiger partial charge in [-0.3, -0.25) is 52.7 Å². The first-order chi connectivity index (χ1) is 39.2. The zero-order chi connectivity index (χ0) is 62.7. The molecule has 0 spiro atoms. The van der Waals surface area contributed by atoms with Gasteiger partial charge in [0, 0.05) is 19.4 Å². The van der Waals surface area contributed by atoms with E-state index in [2.05, 4.69) is 58.5 Å². The third-order valence-corrected chi connectivity index (χ3v) is 15.0. The number of hydrogen-bond acceptors (Lipinski definition) is 16. The lowest BCUT2D eigenvalue weighted by Gasteiger charge is -2.31. The van der Waals surface area contributed by atoms with E-state index in [0.717, 1.165) is 5.56 Å². The molecule has 15 N–H and O–H groups in total. The van der Waals surface area contributed by atoms with Crippen LogP contribution in [0.4, 0.5) is 0 Å². The molecule has 0 saturated carbocycles. The second-order valence-corrected chi connectivity index (χ2v) is 21.4. The van der Waals surface area contributed by atoms with Crippen molar-refractivity contribution in [1.82, 2.24) is 58.5 Å². The zero-order valence-electron chi connectivity index (χ0n) is 49.8. The van der Waals surface area contributed by atoms with Gasteiger partial charge in [-0.2, -0.15) is 0 Å². The number of aliphatic hydroxyl groups excluding tert-OH is 2. The number of ether oxygens (including phenoxy) is 1. The molecule has 0 aliphatic carbocycles. The molecule has 1 fully saturated rings. The fourth-order valence-electron chi connectivity index (χ4n) is 8.64. The van der Waals surface area contributed by atoms with Gasteiger partial charge in [0.2, 0.25) is 65.0 Å². The Kier molecular flexibility index (Phi) is 31.5. The lowest BCUT2D eigenvalue weighted by molar-refractivity contribution is -0.157. The number of aliphatic hydroxyl groups is 2. The number of esters is 1. The molecule has 11 amide bonds. The third kappa shape index (κ3) is 23.1. The van der Waals surface area contributed by atoms with E-state index in [1.165, 1.54) is 13.8 Å². The molecule has 466 valence electrons. The smallest absolute Gasteiger partial charge is 0.329 e. The average molecular weight is 1170 g/mol. The highest BCUT2D eigenvalue weighted by Crippen LogP contribution is 2.17. The Morgan fingerprint density at radius 1 is 0.627 bits per heavy atom. The SMILES string of the molecule is CC[C@H](C)[C@H](NC(=O)[C@@H](Cc1ccccc1)NC)C(=O)N[C@@H](CO)C(=O)N[C@H](CCC(N)=O)C(=O)N[C@@H](C(=O)N[C@H](C(=O)N[C@@H](CO)C(=O)N[C@H]1C(=O)N[C@@H](C)C(=O)NCCCC(=O)N[C@@H]([C@@H](C)CC)C(=O)O[C@H]1C)[C@@H](C)CC)[C@@H](C)CC. The van der Waals surface area contributed by atoms with E-state index < -0.39 is 187 Å². The van der Waals surface area contributed by atoms with Crippen LogP contribution in [0, 0.1) is 23.7 Å². The molecule has 2 rings (SSSR count). The molecule has 1 aliphatic heterocycles. The van der Waals surface area contributed by atoms with Crippen molar-refractivity contribution < 1.29 is 72.5 Å². The van der Waals surface area contributed by atoms with Crippen molar-refractivity contribution in [1.29, 1.82) is 0 Å². The predicted octanol–water partition coefficient (Wildman–Crippen LogP) is -2.52. The number of carbonyl (C=O) groups excluding carboxylic acids is 12. The summed E-state index contributed by atoms with van der Waals surface area (Å²) in [7, 11) is 1.60. The summed E-state index contributed by atoms with van der Waals surface area (Å²) in [6.07, 6.45) is -0.388. The van der Waals surface area contributed by atoms with E-state index in [1.807, 2.05) is 30.3 Å². The second-order valence-electron chi connectivity index (χ2n) is 21.4. The Morgan fingerprint density at radius 3 is 1.58 bits per heavy atom. The Hall–Kier alpha value is -7.26. The van der Waals surface area contributed by atoms with Crippen LogP contribution in [0.1, 0.15) is 126 Å². The molecule has 83 heavy (non-hydrogen) atoms. The fraction of sp³-hybridized carbons (Fsp3) is 0.679. The fourth-order valence-corrected chi connectivity index (χ4v) is 8.64. The number of likely N-dealkylation sites (N-methyl/N-ethyl adjacent to an activating group) is 1. The van der Waals surface area contributed by atoms with Crippen LogP contribution < -0.4 is 64.2 Å². The lowest BCUT2D eigenvalue weighted by atomic mass is 9.94. The zero-order valence-corrected chi connectivity index (χ0v) is 49.8. The minimum Gasteiger partial charge on any atom is -0.458 e. The number of carbonyl (C=O) groups is 12. The molecule has 0 unspecified atom stereocenters. The van der Waals surface area contributed by atoms with E-state index in [-0.39, 0.29) is 32.2 Å². The molecule has 0 bridgehead atoms. The number of hydrogen-bond donors (Lipinski definition) is 14. The summed E-state index contributed by atoms with van der Waals surface area (Å²) >= 11 is 0. The summed E-state index contributed by atoms with van der Waals surface area (Å²) in [6.45, 7) is 14.4. The van der Waals surface area contributed by atoms with Crippen LogP contribution in [0.3, 0.4) is 0 Å². The van der Waals surface area contributed by atoms with E-state index >= 15 is 0 Å². The highest BCUT2D eigenvalue weighted by atomic mass is 16.5.